The van der Waals surface area contributed by atoms with Gasteiger partial charge in [-0.2, -0.15) is 0 Å². The molecule has 20 heavy (non-hydrogen) atoms. The molecule has 1 aromatic carbocycles. The molecule has 0 bridgehead atoms. The largest absolute Gasteiger partial charge is 0.307 e. The second kappa shape index (κ2) is 4.82. The van der Waals surface area contributed by atoms with Crippen LogP contribution < -0.4 is 0 Å². The summed E-state index contributed by atoms with van der Waals surface area (Å²) in [5.74, 6) is 0.464. The van der Waals surface area contributed by atoms with Gasteiger partial charge in [0.1, 0.15) is 11.6 Å². The van der Waals surface area contributed by atoms with Crippen molar-refractivity contribution >= 4 is 17.3 Å². The molecule has 0 amide bonds. The number of rotatable bonds is 4. The van der Waals surface area contributed by atoms with Gasteiger partial charge >= 0.3 is 0 Å². The van der Waals surface area contributed by atoms with E-state index in [1.54, 1.807) is 0 Å². The average Bonchev–Trinajstić information content (AvgIpc) is 3.18. The summed E-state index contributed by atoms with van der Waals surface area (Å²) in [6.45, 7) is 0. The van der Waals surface area contributed by atoms with Crippen LogP contribution in [0.1, 0.15) is 24.7 Å². The highest BCUT2D eigenvalue weighted by Gasteiger charge is 2.31. The number of hydrogen-bond donors (Lipinski definition) is 0. The molecule has 0 N–H and O–H groups in total. The number of aromatic nitrogens is 3. The Balaban J connectivity index is 2.18. The number of halogens is 2. The SMILES string of the molecule is O=[N+]([O-])c1cc(F)ccc1-c1nnc(CCl)n1C1CC1. The molecule has 104 valence electrons. The lowest BCUT2D eigenvalue weighted by Gasteiger charge is -2.08. The smallest absolute Gasteiger partial charge is 0.283 e. The van der Waals surface area contributed by atoms with E-state index in [1.807, 2.05) is 4.57 Å². The van der Waals surface area contributed by atoms with Crippen LogP contribution in [0.25, 0.3) is 11.4 Å². The first-order chi connectivity index (χ1) is 9.61. The third-order valence-electron chi connectivity index (χ3n) is 3.20. The van der Waals surface area contributed by atoms with Gasteiger partial charge in [-0.25, -0.2) is 4.39 Å². The Morgan fingerprint density at radius 1 is 1.45 bits per heavy atom. The van der Waals surface area contributed by atoms with Crippen LogP contribution >= 0.6 is 11.6 Å². The quantitative estimate of drug-likeness (QED) is 0.494. The molecule has 1 aliphatic rings. The lowest BCUT2D eigenvalue weighted by Crippen LogP contribution is -2.03. The van der Waals surface area contributed by atoms with Crippen molar-refractivity contribution in [3.8, 4) is 11.4 Å². The summed E-state index contributed by atoms with van der Waals surface area (Å²) < 4.78 is 15.0. The first-order valence-electron chi connectivity index (χ1n) is 6.06. The van der Waals surface area contributed by atoms with Crippen LogP contribution in [-0.2, 0) is 5.88 Å². The van der Waals surface area contributed by atoms with Crippen LogP contribution in [0.15, 0.2) is 18.2 Å². The maximum absolute atomic E-state index is 13.2. The van der Waals surface area contributed by atoms with E-state index in [1.165, 1.54) is 12.1 Å². The van der Waals surface area contributed by atoms with E-state index in [-0.39, 0.29) is 23.2 Å². The molecule has 2 aromatic rings. The second-order valence-corrected chi connectivity index (χ2v) is 4.86. The molecular weight excluding hydrogens is 287 g/mol. The van der Waals surface area contributed by atoms with E-state index in [4.69, 9.17) is 11.6 Å². The van der Waals surface area contributed by atoms with Gasteiger partial charge in [-0.05, 0) is 25.0 Å². The molecule has 0 unspecified atom stereocenters. The minimum absolute atomic E-state index is 0.179. The molecule has 0 spiro atoms. The van der Waals surface area contributed by atoms with Crippen molar-refractivity contribution in [1.29, 1.82) is 0 Å². The Hall–Kier alpha value is -2.02. The van der Waals surface area contributed by atoms with Gasteiger partial charge in [0.05, 0.1) is 22.4 Å². The summed E-state index contributed by atoms with van der Waals surface area (Å²) in [6.07, 6.45) is 1.92. The summed E-state index contributed by atoms with van der Waals surface area (Å²) in [7, 11) is 0. The van der Waals surface area contributed by atoms with E-state index in [0.29, 0.717) is 11.6 Å². The zero-order valence-corrected chi connectivity index (χ0v) is 11.0. The van der Waals surface area contributed by atoms with Crippen LogP contribution in [0.5, 0.6) is 0 Å². The molecular formula is C12H10ClFN4O2. The van der Waals surface area contributed by atoms with Crippen molar-refractivity contribution < 1.29 is 9.31 Å². The van der Waals surface area contributed by atoms with Crippen molar-refractivity contribution in [2.24, 2.45) is 0 Å². The molecule has 6 nitrogen and oxygen atoms in total. The van der Waals surface area contributed by atoms with Gasteiger partial charge in [0.15, 0.2) is 5.82 Å². The predicted molar refractivity (Wildman–Crippen MR) is 69.9 cm³/mol. The summed E-state index contributed by atoms with van der Waals surface area (Å²) in [6, 6.07) is 3.64. The van der Waals surface area contributed by atoms with Crippen LogP contribution in [0.2, 0.25) is 0 Å². The fourth-order valence-electron chi connectivity index (χ4n) is 2.16. The van der Waals surface area contributed by atoms with E-state index in [2.05, 4.69) is 10.2 Å². The summed E-state index contributed by atoms with van der Waals surface area (Å²) in [5, 5.41) is 19.0. The number of benzene rings is 1. The molecule has 0 atom stereocenters. The molecule has 1 fully saturated rings. The van der Waals surface area contributed by atoms with Crippen molar-refractivity contribution in [1.82, 2.24) is 14.8 Å². The fraction of sp³-hybridized carbons (Fsp3) is 0.333. The zero-order valence-electron chi connectivity index (χ0n) is 10.3. The molecule has 3 rings (SSSR count). The monoisotopic (exact) mass is 296 g/mol. The third-order valence-corrected chi connectivity index (χ3v) is 3.43. The normalized spacial score (nSPS) is 14.5. The van der Waals surface area contributed by atoms with Crippen LogP contribution in [0, 0.1) is 15.9 Å². The number of nitro benzene ring substituents is 1. The van der Waals surface area contributed by atoms with Crippen LogP contribution in [-0.4, -0.2) is 19.7 Å². The first-order valence-corrected chi connectivity index (χ1v) is 6.59. The number of hydrogen-bond acceptors (Lipinski definition) is 4. The van der Waals surface area contributed by atoms with Crippen molar-refractivity contribution in [2.45, 2.75) is 24.8 Å². The van der Waals surface area contributed by atoms with Crippen molar-refractivity contribution in [2.75, 3.05) is 0 Å². The molecule has 1 heterocycles. The van der Waals surface area contributed by atoms with Gasteiger partial charge in [0.25, 0.3) is 5.69 Å². The van der Waals surface area contributed by atoms with E-state index in [9.17, 15) is 14.5 Å². The Bertz CT molecular complexity index is 684. The molecule has 0 saturated heterocycles. The Kier molecular flexibility index (Phi) is 3.13. The van der Waals surface area contributed by atoms with E-state index < -0.39 is 10.7 Å². The van der Waals surface area contributed by atoms with E-state index in [0.717, 1.165) is 18.9 Å². The van der Waals surface area contributed by atoms with Gasteiger partial charge in [-0.1, -0.05) is 0 Å². The number of nitrogens with zero attached hydrogens (tertiary/aromatic N) is 4. The predicted octanol–water partition coefficient (Wildman–Crippen LogP) is 3.07. The fourth-order valence-corrected chi connectivity index (χ4v) is 2.34. The Morgan fingerprint density at radius 3 is 2.80 bits per heavy atom. The third kappa shape index (κ3) is 2.14. The van der Waals surface area contributed by atoms with Crippen LogP contribution in [0.4, 0.5) is 10.1 Å². The minimum atomic E-state index is -0.657. The summed E-state index contributed by atoms with van der Waals surface area (Å²) in [4.78, 5) is 10.5. The molecule has 0 aliphatic heterocycles. The van der Waals surface area contributed by atoms with E-state index >= 15 is 0 Å². The van der Waals surface area contributed by atoms with Gasteiger partial charge in [0.2, 0.25) is 0 Å². The maximum atomic E-state index is 13.2. The average molecular weight is 297 g/mol. The van der Waals surface area contributed by atoms with Gasteiger partial charge < -0.3 is 4.57 Å². The lowest BCUT2D eigenvalue weighted by atomic mass is 10.1. The molecule has 8 heteroatoms. The lowest BCUT2D eigenvalue weighted by molar-refractivity contribution is -0.384. The second-order valence-electron chi connectivity index (χ2n) is 4.59. The zero-order chi connectivity index (χ0) is 14.3. The summed E-state index contributed by atoms with van der Waals surface area (Å²) in [5.41, 5.74) is -0.0624. The molecule has 0 radical (unpaired) electrons. The van der Waals surface area contributed by atoms with Gasteiger partial charge in [0, 0.05) is 6.04 Å². The molecule has 1 aliphatic carbocycles. The highest BCUT2D eigenvalue weighted by Crippen LogP contribution is 2.40. The Labute approximate surface area is 118 Å². The standard InChI is InChI=1S/C12H10ClFN4O2/c13-6-11-15-16-12(17(11)8-2-3-8)9-4-1-7(14)5-10(9)18(19)20/h1,4-5,8H,2-3,6H2. The van der Waals surface area contributed by atoms with Crippen LogP contribution in [0.3, 0.4) is 0 Å². The first kappa shape index (κ1) is 13.0. The maximum Gasteiger partial charge on any atom is 0.283 e. The Morgan fingerprint density at radius 2 is 2.20 bits per heavy atom. The van der Waals surface area contributed by atoms with Crippen molar-refractivity contribution in [3.63, 3.8) is 0 Å². The number of nitro groups is 1. The van der Waals surface area contributed by atoms with Crippen molar-refractivity contribution in [3.05, 3.63) is 40.0 Å². The minimum Gasteiger partial charge on any atom is -0.307 e. The molecule has 1 saturated carbocycles. The highest BCUT2D eigenvalue weighted by atomic mass is 35.5. The molecule has 1 aromatic heterocycles. The van der Waals surface area contributed by atoms with Gasteiger partial charge in [-0.15, -0.1) is 21.8 Å². The number of alkyl halides is 1. The van der Waals surface area contributed by atoms with Gasteiger partial charge in [-0.3, -0.25) is 10.1 Å². The highest BCUT2D eigenvalue weighted by molar-refractivity contribution is 6.16. The topological polar surface area (TPSA) is 73.8 Å². The summed E-state index contributed by atoms with van der Waals surface area (Å²) >= 11 is 5.82.